The van der Waals surface area contributed by atoms with Crippen LogP contribution in [0.1, 0.15) is 24.8 Å². The molecular weight excluding hydrogens is 260 g/mol. The molecule has 0 spiro atoms. The van der Waals surface area contributed by atoms with E-state index in [2.05, 4.69) is 22.4 Å². The van der Waals surface area contributed by atoms with E-state index >= 15 is 0 Å². The highest BCUT2D eigenvalue weighted by molar-refractivity contribution is 7.89. The van der Waals surface area contributed by atoms with E-state index in [1.165, 1.54) is 6.42 Å². The maximum atomic E-state index is 12.0. The van der Waals surface area contributed by atoms with Crippen LogP contribution in [0.2, 0.25) is 0 Å². The molecular formula is C14H20N2O2S. The summed E-state index contributed by atoms with van der Waals surface area (Å²) in [6.07, 6.45) is 7.72. The third-order valence-electron chi connectivity index (χ3n) is 3.26. The topological polar surface area (TPSA) is 58.2 Å². The van der Waals surface area contributed by atoms with Crippen LogP contribution in [0.5, 0.6) is 0 Å². The van der Waals surface area contributed by atoms with Crippen molar-refractivity contribution < 1.29 is 8.42 Å². The van der Waals surface area contributed by atoms with Gasteiger partial charge in [0.2, 0.25) is 0 Å². The standard InChI is InChI=1S/C14H20N2O2S/c1-12-7-9-14(10-8-12)19(17,18)16-15-11-13-5-3-2-4-6-13/h3,5,7-10,13,15-16H,2,4,6,11H2,1H3. The third kappa shape index (κ3) is 4.16. The van der Waals surface area contributed by atoms with Gasteiger partial charge in [0, 0.05) is 6.54 Å². The SMILES string of the molecule is Cc1ccc(S(=O)(=O)NNCC2C=CCCC2)cc1. The van der Waals surface area contributed by atoms with Crippen LogP contribution < -0.4 is 10.3 Å². The number of aryl methyl sites for hydroxylation is 1. The van der Waals surface area contributed by atoms with Gasteiger partial charge >= 0.3 is 0 Å². The van der Waals surface area contributed by atoms with Crippen LogP contribution in [0.15, 0.2) is 41.3 Å². The lowest BCUT2D eigenvalue weighted by molar-refractivity contribution is 0.475. The Morgan fingerprint density at radius 2 is 2.00 bits per heavy atom. The van der Waals surface area contributed by atoms with E-state index in [4.69, 9.17) is 0 Å². The van der Waals surface area contributed by atoms with Crippen LogP contribution >= 0.6 is 0 Å². The van der Waals surface area contributed by atoms with Gasteiger partial charge in [0.1, 0.15) is 0 Å². The minimum absolute atomic E-state index is 0.282. The molecule has 0 amide bonds. The summed E-state index contributed by atoms with van der Waals surface area (Å²) in [6.45, 7) is 2.55. The third-order valence-corrected chi connectivity index (χ3v) is 4.56. The summed E-state index contributed by atoms with van der Waals surface area (Å²) in [5, 5.41) is 0. The van der Waals surface area contributed by atoms with E-state index in [1.54, 1.807) is 24.3 Å². The molecule has 19 heavy (non-hydrogen) atoms. The fraction of sp³-hybridized carbons (Fsp3) is 0.429. The first-order valence-electron chi connectivity index (χ1n) is 6.56. The maximum Gasteiger partial charge on any atom is 0.253 e. The fourth-order valence-corrected chi connectivity index (χ4v) is 2.98. The number of sulfonamides is 1. The van der Waals surface area contributed by atoms with Crippen LogP contribution in [-0.2, 0) is 10.0 Å². The highest BCUT2D eigenvalue weighted by Gasteiger charge is 2.14. The molecule has 0 bridgehead atoms. The predicted octanol–water partition coefficient (Wildman–Crippen LogP) is 2.13. The van der Waals surface area contributed by atoms with Gasteiger partial charge in [-0.2, -0.15) is 0 Å². The number of hydrogen-bond donors (Lipinski definition) is 2. The molecule has 0 saturated heterocycles. The van der Waals surface area contributed by atoms with Crippen molar-refractivity contribution in [3.05, 3.63) is 42.0 Å². The van der Waals surface area contributed by atoms with Crippen LogP contribution in [0.4, 0.5) is 0 Å². The van der Waals surface area contributed by atoms with Crippen molar-refractivity contribution in [3.8, 4) is 0 Å². The van der Waals surface area contributed by atoms with Gasteiger partial charge in [-0.15, -0.1) is 4.83 Å². The van der Waals surface area contributed by atoms with Gasteiger partial charge in [0.05, 0.1) is 4.90 Å². The molecule has 0 heterocycles. The van der Waals surface area contributed by atoms with Crippen LogP contribution in [0.3, 0.4) is 0 Å². The number of nitrogens with one attached hydrogen (secondary N) is 2. The predicted molar refractivity (Wildman–Crippen MR) is 76.0 cm³/mol. The average Bonchev–Trinajstić information content (AvgIpc) is 2.40. The van der Waals surface area contributed by atoms with Crippen LogP contribution in [-0.4, -0.2) is 15.0 Å². The van der Waals surface area contributed by atoms with E-state index < -0.39 is 10.0 Å². The molecule has 0 radical (unpaired) electrons. The van der Waals surface area contributed by atoms with Crippen molar-refractivity contribution >= 4 is 10.0 Å². The van der Waals surface area contributed by atoms with Gasteiger partial charge in [-0.05, 0) is 44.2 Å². The quantitative estimate of drug-likeness (QED) is 0.642. The number of hydrazine groups is 1. The first-order chi connectivity index (χ1) is 9.08. The molecule has 5 heteroatoms. The van der Waals surface area contributed by atoms with Crippen molar-refractivity contribution in [3.63, 3.8) is 0 Å². The largest absolute Gasteiger partial charge is 0.253 e. The van der Waals surface area contributed by atoms with Gasteiger partial charge in [-0.3, -0.25) is 0 Å². The summed E-state index contributed by atoms with van der Waals surface area (Å²) in [6, 6.07) is 6.80. The van der Waals surface area contributed by atoms with Gasteiger partial charge in [-0.25, -0.2) is 13.8 Å². The lowest BCUT2D eigenvalue weighted by atomic mass is 9.96. The molecule has 0 fully saturated rings. The molecule has 0 aromatic heterocycles. The lowest BCUT2D eigenvalue weighted by Gasteiger charge is -2.17. The van der Waals surface area contributed by atoms with Gasteiger partial charge in [0.25, 0.3) is 10.0 Å². The van der Waals surface area contributed by atoms with E-state index in [1.807, 2.05) is 6.92 Å². The zero-order valence-corrected chi connectivity index (χ0v) is 11.9. The van der Waals surface area contributed by atoms with Crippen molar-refractivity contribution in [1.82, 2.24) is 10.3 Å². The molecule has 1 aromatic rings. The molecule has 2 rings (SSSR count). The zero-order chi connectivity index (χ0) is 13.7. The normalized spacial score (nSPS) is 19.5. The molecule has 1 aliphatic carbocycles. The van der Waals surface area contributed by atoms with Crippen molar-refractivity contribution in [2.24, 2.45) is 5.92 Å². The fourth-order valence-electron chi connectivity index (χ4n) is 2.10. The lowest BCUT2D eigenvalue weighted by Crippen LogP contribution is -2.40. The summed E-state index contributed by atoms with van der Waals surface area (Å²) < 4.78 is 24.0. The smallest absolute Gasteiger partial charge is 0.243 e. The molecule has 1 aromatic carbocycles. The summed E-state index contributed by atoms with van der Waals surface area (Å²) in [5.41, 5.74) is 3.86. The van der Waals surface area contributed by atoms with Crippen LogP contribution in [0, 0.1) is 12.8 Å². The van der Waals surface area contributed by atoms with Crippen molar-refractivity contribution in [2.45, 2.75) is 31.1 Å². The van der Waals surface area contributed by atoms with Gasteiger partial charge in [-0.1, -0.05) is 29.8 Å². The van der Waals surface area contributed by atoms with E-state index in [9.17, 15) is 8.42 Å². The second kappa shape index (κ2) is 6.32. The summed E-state index contributed by atoms with van der Waals surface area (Å²) in [5.74, 6) is 0.412. The Labute approximate surface area is 114 Å². The first kappa shape index (κ1) is 14.2. The minimum Gasteiger partial charge on any atom is -0.243 e. The van der Waals surface area contributed by atoms with Crippen molar-refractivity contribution in [2.75, 3.05) is 6.54 Å². The molecule has 2 N–H and O–H groups in total. The number of allylic oxidation sites excluding steroid dienone is 1. The Morgan fingerprint density at radius 3 is 2.63 bits per heavy atom. The number of rotatable bonds is 5. The van der Waals surface area contributed by atoms with E-state index in [-0.39, 0.29) is 4.90 Å². The highest BCUT2D eigenvalue weighted by Crippen LogP contribution is 2.15. The molecule has 1 unspecified atom stereocenters. The van der Waals surface area contributed by atoms with Crippen LogP contribution in [0.25, 0.3) is 0 Å². The molecule has 1 atom stereocenters. The Kier molecular flexibility index (Phi) is 4.74. The number of benzene rings is 1. The second-order valence-electron chi connectivity index (χ2n) is 4.92. The molecule has 0 aliphatic heterocycles. The van der Waals surface area contributed by atoms with Gasteiger partial charge in [0.15, 0.2) is 0 Å². The number of hydrogen-bond acceptors (Lipinski definition) is 3. The summed E-state index contributed by atoms with van der Waals surface area (Å²) in [7, 11) is -3.46. The summed E-state index contributed by atoms with van der Waals surface area (Å²) >= 11 is 0. The zero-order valence-electron chi connectivity index (χ0n) is 11.1. The summed E-state index contributed by atoms with van der Waals surface area (Å²) in [4.78, 5) is 2.71. The minimum atomic E-state index is -3.46. The Hall–Kier alpha value is -1.17. The van der Waals surface area contributed by atoms with E-state index in [0.29, 0.717) is 12.5 Å². The van der Waals surface area contributed by atoms with E-state index in [0.717, 1.165) is 18.4 Å². The molecule has 0 saturated carbocycles. The Balaban J connectivity index is 1.89. The van der Waals surface area contributed by atoms with Gasteiger partial charge < -0.3 is 0 Å². The highest BCUT2D eigenvalue weighted by atomic mass is 32.2. The average molecular weight is 280 g/mol. The maximum absolute atomic E-state index is 12.0. The molecule has 1 aliphatic rings. The molecule has 104 valence electrons. The Morgan fingerprint density at radius 1 is 1.26 bits per heavy atom. The first-order valence-corrected chi connectivity index (χ1v) is 8.04. The monoisotopic (exact) mass is 280 g/mol. The second-order valence-corrected chi connectivity index (χ2v) is 6.60. The molecule has 4 nitrogen and oxygen atoms in total. The van der Waals surface area contributed by atoms with Crippen molar-refractivity contribution in [1.29, 1.82) is 0 Å². The Bertz CT molecular complexity index is 535.